The van der Waals surface area contributed by atoms with E-state index in [0.29, 0.717) is 12.2 Å². The zero-order valence-electron chi connectivity index (χ0n) is 18.3. The highest BCUT2D eigenvalue weighted by molar-refractivity contribution is 5.97. The lowest BCUT2D eigenvalue weighted by Crippen LogP contribution is -2.35. The number of hydrogen-bond donors (Lipinski definition) is 3. The largest absolute Gasteiger partial charge is 0.494 e. The summed E-state index contributed by atoms with van der Waals surface area (Å²) in [4.78, 5) is 42.6. The summed E-state index contributed by atoms with van der Waals surface area (Å²) in [5, 5.41) is 20.5. The Hall–Kier alpha value is -3.69. The van der Waals surface area contributed by atoms with E-state index in [1.807, 2.05) is 26.8 Å². The van der Waals surface area contributed by atoms with E-state index >= 15 is 0 Å². The molecule has 0 unspecified atom stereocenters. The van der Waals surface area contributed by atoms with Gasteiger partial charge < -0.3 is 15.7 Å². The zero-order chi connectivity index (χ0) is 23.0. The van der Waals surface area contributed by atoms with Crippen LogP contribution in [0.3, 0.4) is 0 Å². The molecule has 1 aliphatic rings. The Morgan fingerprint density at radius 2 is 1.97 bits per heavy atom. The summed E-state index contributed by atoms with van der Waals surface area (Å²) in [5.41, 5.74) is -0.535. The minimum atomic E-state index is -0.774. The van der Waals surface area contributed by atoms with E-state index in [0.717, 1.165) is 17.4 Å². The third kappa shape index (κ3) is 4.48. The molecule has 32 heavy (non-hydrogen) atoms. The number of fused-ring (bicyclic) bond motifs is 1. The number of pyridine rings is 1. The lowest BCUT2D eigenvalue weighted by Gasteiger charge is -2.23. The summed E-state index contributed by atoms with van der Waals surface area (Å²) >= 11 is 0. The Bertz CT molecular complexity index is 1240. The van der Waals surface area contributed by atoms with Gasteiger partial charge in [-0.2, -0.15) is 9.61 Å². The van der Waals surface area contributed by atoms with Gasteiger partial charge in [0, 0.05) is 24.8 Å². The highest BCUT2D eigenvalue weighted by atomic mass is 16.3. The van der Waals surface area contributed by atoms with E-state index in [9.17, 15) is 19.5 Å². The molecule has 0 radical (unpaired) electrons. The van der Waals surface area contributed by atoms with Crippen molar-refractivity contribution in [2.45, 2.75) is 52.7 Å². The summed E-state index contributed by atoms with van der Waals surface area (Å²) in [6, 6.07) is 6.82. The van der Waals surface area contributed by atoms with Gasteiger partial charge in [0.15, 0.2) is 11.3 Å². The van der Waals surface area contributed by atoms with Gasteiger partial charge in [-0.15, -0.1) is 0 Å². The van der Waals surface area contributed by atoms with Crippen LogP contribution in [-0.4, -0.2) is 42.1 Å². The maximum atomic E-state index is 13.1. The number of aromatic nitrogens is 4. The fraction of sp³-hybridized carbons (Fsp3) is 0.409. The van der Waals surface area contributed by atoms with Crippen LogP contribution in [-0.2, 0) is 13.1 Å². The monoisotopic (exact) mass is 438 g/mol. The van der Waals surface area contributed by atoms with Gasteiger partial charge >= 0.3 is 0 Å². The zero-order valence-corrected chi connectivity index (χ0v) is 18.3. The molecule has 0 atom stereocenters. The minimum Gasteiger partial charge on any atom is -0.494 e. The molecule has 3 aromatic rings. The van der Waals surface area contributed by atoms with E-state index in [2.05, 4.69) is 20.7 Å². The van der Waals surface area contributed by atoms with Crippen LogP contribution in [0.25, 0.3) is 5.65 Å². The topological polar surface area (TPSA) is 131 Å². The van der Waals surface area contributed by atoms with Crippen molar-refractivity contribution in [3.05, 3.63) is 57.8 Å². The maximum absolute atomic E-state index is 13.1. The number of carbonyl (C=O) groups is 2. The van der Waals surface area contributed by atoms with Crippen molar-refractivity contribution in [1.82, 2.24) is 29.8 Å². The second-order valence-electron chi connectivity index (χ2n) is 9.20. The Labute approximate surface area is 184 Å². The molecule has 10 nitrogen and oxygen atoms in total. The van der Waals surface area contributed by atoms with Crippen LogP contribution in [0, 0.1) is 5.41 Å². The van der Waals surface area contributed by atoms with Gasteiger partial charge in [-0.25, -0.2) is 0 Å². The molecule has 168 valence electrons. The average molecular weight is 438 g/mol. The van der Waals surface area contributed by atoms with Gasteiger partial charge in [0.05, 0.1) is 12.2 Å². The van der Waals surface area contributed by atoms with Gasteiger partial charge in [0.2, 0.25) is 5.88 Å². The number of amides is 2. The Balaban J connectivity index is 1.74. The quantitative estimate of drug-likeness (QED) is 0.534. The van der Waals surface area contributed by atoms with E-state index < -0.39 is 23.3 Å². The van der Waals surface area contributed by atoms with E-state index in [1.165, 1.54) is 10.6 Å². The summed E-state index contributed by atoms with van der Waals surface area (Å²) in [6.07, 6.45) is 3.31. The van der Waals surface area contributed by atoms with Gasteiger partial charge in [-0.05, 0) is 30.4 Å². The number of carbonyl (C=O) groups excluding carboxylic acids is 2. The standard InChI is InChI=1S/C22H26N6O4/c1-22(2,3)12-27-16-10-15(18(29)24-11-14-6-4-5-9-23-14)26-28(16)21(32)17(20(27)31)19(30)25-13-7-8-13/h4-6,9-10,13,31H,7-8,11-12H2,1-3H3,(H,24,29)(H,25,30). The summed E-state index contributed by atoms with van der Waals surface area (Å²) in [6.45, 7) is 6.37. The average Bonchev–Trinajstić information content (AvgIpc) is 3.43. The number of hydrogen-bond acceptors (Lipinski definition) is 6. The molecule has 0 aromatic carbocycles. The molecule has 2 amide bonds. The van der Waals surface area contributed by atoms with Gasteiger partial charge in [0.25, 0.3) is 17.4 Å². The summed E-state index contributed by atoms with van der Waals surface area (Å²) in [7, 11) is 0. The fourth-order valence-corrected chi connectivity index (χ4v) is 3.35. The van der Waals surface area contributed by atoms with Crippen molar-refractivity contribution < 1.29 is 14.7 Å². The highest BCUT2D eigenvalue weighted by Gasteiger charge is 2.30. The molecule has 3 aromatic heterocycles. The minimum absolute atomic E-state index is 0.000147. The molecule has 0 aliphatic heterocycles. The van der Waals surface area contributed by atoms with Crippen LogP contribution in [0.1, 0.15) is 60.2 Å². The smallest absolute Gasteiger partial charge is 0.291 e. The molecule has 0 bridgehead atoms. The van der Waals surface area contributed by atoms with Gasteiger partial charge in [0.1, 0.15) is 5.65 Å². The number of rotatable bonds is 6. The van der Waals surface area contributed by atoms with Crippen molar-refractivity contribution in [1.29, 1.82) is 0 Å². The number of aromatic hydroxyl groups is 1. The van der Waals surface area contributed by atoms with E-state index in [-0.39, 0.29) is 34.9 Å². The van der Waals surface area contributed by atoms with Crippen molar-refractivity contribution in [3.63, 3.8) is 0 Å². The van der Waals surface area contributed by atoms with Crippen LogP contribution in [0.4, 0.5) is 0 Å². The van der Waals surface area contributed by atoms with Crippen LogP contribution in [0.2, 0.25) is 0 Å². The van der Waals surface area contributed by atoms with E-state index in [4.69, 9.17) is 0 Å². The first-order valence-electron chi connectivity index (χ1n) is 10.5. The van der Waals surface area contributed by atoms with Crippen molar-refractivity contribution >= 4 is 17.5 Å². The lowest BCUT2D eigenvalue weighted by molar-refractivity contribution is 0.0938. The fourth-order valence-electron chi connectivity index (χ4n) is 3.35. The normalized spacial score (nSPS) is 13.8. The highest BCUT2D eigenvalue weighted by Crippen LogP contribution is 2.26. The molecule has 3 heterocycles. The SMILES string of the molecule is CC(C)(C)Cn1c(O)c(C(=O)NC2CC2)c(=O)n2nc(C(=O)NCc3ccccn3)cc12. The molecule has 1 aliphatic carbocycles. The molecule has 0 saturated heterocycles. The molecule has 1 fully saturated rings. The van der Waals surface area contributed by atoms with Crippen LogP contribution < -0.4 is 16.2 Å². The predicted molar refractivity (Wildman–Crippen MR) is 116 cm³/mol. The first-order chi connectivity index (χ1) is 15.1. The van der Waals surface area contributed by atoms with Crippen molar-refractivity contribution in [2.24, 2.45) is 5.41 Å². The molecule has 3 N–H and O–H groups in total. The summed E-state index contributed by atoms with van der Waals surface area (Å²) < 4.78 is 2.45. The van der Waals surface area contributed by atoms with Gasteiger partial charge in [-0.3, -0.25) is 23.9 Å². The first kappa shape index (κ1) is 21.5. The molecule has 10 heteroatoms. The second-order valence-corrected chi connectivity index (χ2v) is 9.20. The molecule has 0 spiro atoms. The first-order valence-corrected chi connectivity index (χ1v) is 10.5. The van der Waals surface area contributed by atoms with Crippen molar-refractivity contribution in [3.8, 4) is 5.88 Å². The Morgan fingerprint density at radius 3 is 2.59 bits per heavy atom. The number of nitrogens with zero attached hydrogens (tertiary/aromatic N) is 4. The van der Waals surface area contributed by atoms with Crippen LogP contribution in [0.5, 0.6) is 5.88 Å². The maximum Gasteiger partial charge on any atom is 0.291 e. The van der Waals surface area contributed by atoms with Gasteiger partial charge in [-0.1, -0.05) is 26.8 Å². The van der Waals surface area contributed by atoms with Crippen molar-refractivity contribution in [2.75, 3.05) is 0 Å². The molecular weight excluding hydrogens is 412 g/mol. The predicted octanol–water partition coefficient (Wildman–Crippen LogP) is 1.46. The second kappa shape index (κ2) is 8.10. The third-order valence-electron chi connectivity index (χ3n) is 5.01. The molecule has 4 rings (SSSR count). The molecular formula is C22H26N6O4. The lowest BCUT2D eigenvalue weighted by atomic mass is 9.96. The third-order valence-corrected chi connectivity index (χ3v) is 5.01. The van der Waals surface area contributed by atoms with E-state index in [1.54, 1.807) is 18.3 Å². The Kier molecular flexibility index (Phi) is 5.45. The summed E-state index contributed by atoms with van der Waals surface area (Å²) in [5.74, 6) is -1.57. The Morgan fingerprint density at radius 1 is 1.22 bits per heavy atom. The number of nitrogens with one attached hydrogen (secondary N) is 2. The van der Waals surface area contributed by atoms with Crippen LogP contribution >= 0.6 is 0 Å². The molecule has 1 saturated carbocycles. The van der Waals surface area contributed by atoms with Crippen LogP contribution in [0.15, 0.2) is 35.3 Å².